The van der Waals surface area contributed by atoms with Crippen molar-refractivity contribution in [3.8, 4) is 5.75 Å². The average molecular weight is 480 g/mol. The minimum atomic E-state index is -3.94. The molecule has 2 amide bonds. The Morgan fingerprint density at radius 1 is 1.15 bits per heavy atom. The van der Waals surface area contributed by atoms with Gasteiger partial charge in [-0.2, -0.15) is 0 Å². The molecule has 0 spiro atoms. The molecule has 0 radical (unpaired) electrons. The highest BCUT2D eigenvalue weighted by Gasteiger charge is 2.32. The normalized spacial score (nSPS) is 12.8. The first-order valence-corrected chi connectivity index (χ1v) is 12.3. The molecule has 0 aliphatic rings. The molecule has 0 fully saturated rings. The van der Waals surface area contributed by atoms with Crippen LogP contribution < -0.4 is 14.8 Å². The fourth-order valence-electron chi connectivity index (χ4n) is 3.09. The van der Waals surface area contributed by atoms with E-state index in [0.29, 0.717) is 24.4 Å². The van der Waals surface area contributed by atoms with Crippen LogP contribution in [0.15, 0.2) is 52.0 Å². The maximum Gasteiger partial charge on any atom is 0.243 e. The number of hydrogen-bond acceptors (Lipinski definition) is 6. The average Bonchev–Trinajstić information content (AvgIpc) is 3.30. The van der Waals surface area contributed by atoms with E-state index in [1.54, 1.807) is 19.1 Å². The largest absolute Gasteiger partial charge is 0.497 e. The minimum absolute atomic E-state index is 0.00293. The topological polar surface area (TPSA) is 118 Å². The van der Waals surface area contributed by atoms with Crippen molar-refractivity contribution in [3.05, 3.63) is 48.4 Å². The number of benzene rings is 1. The Morgan fingerprint density at radius 2 is 1.82 bits per heavy atom. The van der Waals surface area contributed by atoms with Crippen LogP contribution in [-0.2, 0) is 26.2 Å². The third kappa shape index (κ3) is 7.33. The number of hydrogen-bond donors (Lipinski definition) is 2. The van der Waals surface area contributed by atoms with Crippen molar-refractivity contribution in [2.24, 2.45) is 0 Å². The zero-order valence-electron chi connectivity index (χ0n) is 19.8. The molecule has 0 aliphatic heterocycles. The smallest absolute Gasteiger partial charge is 0.243 e. The van der Waals surface area contributed by atoms with Crippen molar-refractivity contribution in [1.29, 1.82) is 0 Å². The van der Waals surface area contributed by atoms with Gasteiger partial charge in [0.1, 0.15) is 17.6 Å². The lowest BCUT2D eigenvalue weighted by Gasteiger charge is -2.33. The van der Waals surface area contributed by atoms with Crippen molar-refractivity contribution in [3.63, 3.8) is 0 Å². The Hall–Kier alpha value is -2.85. The Labute approximate surface area is 195 Å². The molecule has 1 aromatic carbocycles. The molecule has 182 valence electrons. The molecule has 0 saturated carbocycles. The van der Waals surface area contributed by atoms with Crippen LogP contribution in [0.25, 0.3) is 0 Å². The second-order valence-corrected chi connectivity index (χ2v) is 10.0. The summed E-state index contributed by atoms with van der Waals surface area (Å²) < 4.78 is 38.1. The molecule has 0 aliphatic carbocycles. The number of ether oxygens (including phenoxy) is 1. The summed E-state index contributed by atoms with van der Waals surface area (Å²) in [5.74, 6) is 0.158. The van der Waals surface area contributed by atoms with E-state index < -0.39 is 34.1 Å². The molecule has 2 rings (SSSR count). The highest BCUT2D eigenvalue weighted by Crippen LogP contribution is 2.17. The van der Waals surface area contributed by atoms with Crippen LogP contribution in [-0.4, -0.2) is 50.4 Å². The SMILES string of the molecule is CC[C@H](C(=O)NC(C)(C)CC)N(Cc1ccco1)C(=O)CNS(=O)(=O)c1ccc(OC)cc1. The van der Waals surface area contributed by atoms with E-state index in [1.807, 2.05) is 20.8 Å². The fraction of sp³-hybridized carbons (Fsp3) is 0.478. The van der Waals surface area contributed by atoms with E-state index in [2.05, 4.69) is 10.0 Å². The second kappa shape index (κ2) is 11.3. The third-order valence-electron chi connectivity index (χ3n) is 5.42. The maximum absolute atomic E-state index is 13.1. The highest BCUT2D eigenvalue weighted by atomic mass is 32.2. The van der Waals surface area contributed by atoms with Crippen LogP contribution in [0.4, 0.5) is 0 Å². The zero-order chi connectivity index (χ0) is 24.6. The number of nitrogens with zero attached hydrogens (tertiary/aromatic N) is 1. The van der Waals surface area contributed by atoms with Crippen LogP contribution in [0.5, 0.6) is 5.75 Å². The first-order chi connectivity index (χ1) is 15.5. The van der Waals surface area contributed by atoms with Crippen LogP contribution in [0, 0.1) is 0 Å². The molecule has 0 bridgehead atoms. The van der Waals surface area contributed by atoms with Gasteiger partial charge in [-0.15, -0.1) is 0 Å². The monoisotopic (exact) mass is 479 g/mol. The Balaban J connectivity index is 2.21. The van der Waals surface area contributed by atoms with E-state index in [1.165, 1.54) is 42.5 Å². The van der Waals surface area contributed by atoms with Crippen molar-refractivity contribution in [2.75, 3.05) is 13.7 Å². The van der Waals surface area contributed by atoms with Crippen LogP contribution in [0.3, 0.4) is 0 Å². The number of carbonyl (C=O) groups excluding carboxylic acids is 2. The maximum atomic E-state index is 13.1. The summed E-state index contributed by atoms with van der Waals surface area (Å²) in [5.41, 5.74) is -0.445. The predicted molar refractivity (Wildman–Crippen MR) is 124 cm³/mol. The number of rotatable bonds is 12. The number of carbonyl (C=O) groups is 2. The molecular formula is C23H33N3O6S. The molecule has 10 heteroatoms. The van der Waals surface area contributed by atoms with Crippen molar-refractivity contribution in [1.82, 2.24) is 14.9 Å². The fourth-order valence-corrected chi connectivity index (χ4v) is 4.07. The quantitative estimate of drug-likeness (QED) is 0.483. The predicted octanol–water partition coefficient (Wildman–Crippen LogP) is 2.68. The van der Waals surface area contributed by atoms with E-state index in [0.717, 1.165) is 0 Å². The first-order valence-electron chi connectivity index (χ1n) is 10.8. The summed E-state index contributed by atoms with van der Waals surface area (Å²) in [7, 11) is -2.46. The molecule has 1 aromatic heterocycles. The number of methoxy groups -OCH3 is 1. The Kier molecular flexibility index (Phi) is 9.07. The van der Waals surface area contributed by atoms with Gasteiger partial charge in [-0.25, -0.2) is 13.1 Å². The summed E-state index contributed by atoms with van der Waals surface area (Å²) in [6, 6.07) is 8.41. The van der Waals surface area contributed by atoms with Gasteiger partial charge >= 0.3 is 0 Å². The van der Waals surface area contributed by atoms with Gasteiger partial charge in [-0.05, 0) is 63.1 Å². The summed E-state index contributed by atoms with van der Waals surface area (Å²) in [4.78, 5) is 27.5. The van der Waals surface area contributed by atoms with Gasteiger partial charge in [-0.1, -0.05) is 13.8 Å². The molecule has 2 N–H and O–H groups in total. The van der Waals surface area contributed by atoms with E-state index in [9.17, 15) is 18.0 Å². The van der Waals surface area contributed by atoms with Gasteiger partial charge in [0.2, 0.25) is 21.8 Å². The molecule has 0 saturated heterocycles. The van der Waals surface area contributed by atoms with Crippen molar-refractivity contribution < 1.29 is 27.2 Å². The second-order valence-electron chi connectivity index (χ2n) is 8.25. The molecule has 1 heterocycles. The lowest BCUT2D eigenvalue weighted by molar-refractivity contribution is -0.141. The lowest BCUT2D eigenvalue weighted by Crippen LogP contribution is -2.55. The van der Waals surface area contributed by atoms with Crippen LogP contribution in [0.2, 0.25) is 0 Å². The number of furan rings is 1. The van der Waals surface area contributed by atoms with Gasteiger partial charge < -0.3 is 19.4 Å². The summed E-state index contributed by atoms with van der Waals surface area (Å²) in [6.07, 6.45) is 2.54. The van der Waals surface area contributed by atoms with E-state index in [4.69, 9.17) is 9.15 Å². The summed E-state index contributed by atoms with van der Waals surface area (Å²) in [6.45, 7) is 7.09. The van der Waals surface area contributed by atoms with Crippen LogP contribution >= 0.6 is 0 Å². The van der Waals surface area contributed by atoms with Gasteiger partial charge in [0.05, 0.1) is 31.4 Å². The first kappa shape index (κ1) is 26.4. The number of amides is 2. The van der Waals surface area contributed by atoms with E-state index in [-0.39, 0.29) is 17.3 Å². The zero-order valence-corrected chi connectivity index (χ0v) is 20.6. The highest BCUT2D eigenvalue weighted by molar-refractivity contribution is 7.89. The van der Waals surface area contributed by atoms with E-state index >= 15 is 0 Å². The molecule has 9 nitrogen and oxygen atoms in total. The van der Waals surface area contributed by atoms with Gasteiger partial charge in [-0.3, -0.25) is 9.59 Å². The van der Waals surface area contributed by atoms with Crippen molar-refractivity contribution in [2.45, 2.75) is 63.6 Å². The lowest BCUT2D eigenvalue weighted by atomic mass is 10.0. The number of nitrogens with one attached hydrogen (secondary N) is 2. The molecule has 1 atom stereocenters. The Morgan fingerprint density at radius 3 is 2.33 bits per heavy atom. The van der Waals surface area contributed by atoms with Crippen molar-refractivity contribution >= 4 is 21.8 Å². The minimum Gasteiger partial charge on any atom is -0.497 e. The third-order valence-corrected chi connectivity index (χ3v) is 6.84. The summed E-state index contributed by atoms with van der Waals surface area (Å²) in [5, 5.41) is 2.97. The number of sulfonamides is 1. The Bertz CT molecular complexity index is 1020. The van der Waals surface area contributed by atoms with Gasteiger partial charge in [0.15, 0.2) is 0 Å². The standard InChI is InChI=1S/C23H33N3O6S/c1-6-20(22(28)25-23(3,4)7-2)26(16-18-9-8-14-32-18)21(27)15-24-33(29,30)19-12-10-17(31-5)11-13-19/h8-14,20,24H,6-7,15-16H2,1-5H3,(H,25,28)/t20-/m1/s1. The molecule has 2 aromatic rings. The van der Waals surface area contributed by atoms with Gasteiger partial charge in [0.25, 0.3) is 0 Å². The molecule has 33 heavy (non-hydrogen) atoms. The van der Waals surface area contributed by atoms with Crippen LogP contribution in [0.1, 0.15) is 46.3 Å². The summed E-state index contributed by atoms with van der Waals surface area (Å²) >= 11 is 0. The molecule has 0 unspecified atom stereocenters. The van der Waals surface area contributed by atoms with Gasteiger partial charge in [0, 0.05) is 5.54 Å². The molecular weight excluding hydrogens is 446 g/mol.